The first kappa shape index (κ1) is 17.5. The van der Waals surface area contributed by atoms with Crippen molar-refractivity contribution >= 4 is 39.4 Å². The second-order valence-corrected chi connectivity index (χ2v) is 7.13. The van der Waals surface area contributed by atoms with Gasteiger partial charge in [0, 0.05) is 26.9 Å². The zero-order valence-corrected chi connectivity index (χ0v) is 16.0. The number of para-hydroxylation sites is 2. The summed E-state index contributed by atoms with van der Waals surface area (Å²) in [7, 11) is 0. The number of rotatable bonds is 2. The standard InChI is InChI=1S/C24H15ClN2O2/c25-18-11-9-15(10-12-18)23(28)27-24-19(13-17-6-2-4-8-22(17)29-24)21-14-16-5-1-3-7-20(16)26-21/h1-14,26H. The average molecular weight is 399 g/mol. The fourth-order valence-corrected chi connectivity index (χ4v) is 3.44. The number of aromatic nitrogens is 1. The Bertz CT molecular complexity index is 1400. The number of nitrogens with zero attached hydrogens (tertiary/aromatic N) is 1. The summed E-state index contributed by atoms with van der Waals surface area (Å²) in [6.45, 7) is 0. The number of halogens is 1. The number of carbonyl (C=O) groups excluding carboxylic acids is 1. The zero-order valence-electron chi connectivity index (χ0n) is 15.2. The number of benzene rings is 3. The number of amides is 1. The van der Waals surface area contributed by atoms with Gasteiger partial charge in [0.1, 0.15) is 5.58 Å². The van der Waals surface area contributed by atoms with Gasteiger partial charge in [-0.25, -0.2) is 0 Å². The maximum atomic E-state index is 12.7. The molecule has 0 aliphatic heterocycles. The van der Waals surface area contributed by atoms with Crippen molar-refractivity contribution in [1.29, 1.82) is 0 Å². The van der Waals surface area contributed by atoms with Gasteiger partial charge in [0.05, 0.1) is 11.3 Å². The topological polar surface area (TPSA) is 58.4 Å². The fourth-order valence-electron chi connectivity index (χ4n) is 3.31. The average Bonchev–Trinajstić information content (AvgIpc) is 3.18. The summed E-state index contributed by atoms with van der Waals surface area (Å²) in [5.41, 5.74) is 3.93. The van der Waals surface area contributed by atoms with Gasteiger partial charge in [0.15, 0.2) is 0 Å². The highest BCUT2D eigenvalue weighted by atomic mass is 35.5. The van der Waals surface area contributed by atoms with E-state index in [1.807, 2.05) is 60.7 Å². The summed E-state index contributed by atoms with van der Waals surface area (Å²) < 4.78 is 6.03. The van der Waals surface area contributed by atoms with Gasteiger partial charge < -0.3 is 9.40 Å². The van der Waals surface area contributed by atoms with E-state index in [0.717, 1.165) is 27.5 Å². The first-order valence-electron chi connectivity index (χ1n) is 9.13. The SMILES string of the molecule is O=C(N=c1oc2ccccc2cc1-c1cc2ccccc2[nH]1)c1ccc(Cl)cc1. The second-order valence-electron chi connectivity index (χ2n) is 6.70. The molecule has 0 spiro atoms. The number of hydrogen-bond donors (Lipinski definition) is 1. The fraction of sp³-hybridized carbons (Fsp3) is 0. The van der Waals surface area contributed by atoms with Crippen molar-refractivity contribution in [1.82, 2.24) is 4.98 Å². The van der Waals surface area contributed by atoms with Crippen molar-refractivity contribution in [3.63, 3.8) is 0 Å². The van der Waals surface area contributed by atoms with E-state index in [4.69, 9.17) is 16.0 Å². The molecule has 4 nitrogen and oxygen atoms in total. The summed E-state index contributed by atoms with van der Waals surface area (Å²) in [5.74, 6) is -0.391. The quantitative estimate of drug-likeness (QED) is 0.398. The molecule has 1 amide bonds. The molecule has 5 rings (SSSR count). The van der Waals surface area contributed by atoms with Crippen LogP contribution in [0.2, 0.25) is 5.02 Å². The lowest BCUT2D eigenvalue weighted by Crippen LogP contribution is -2.10. The van der Waals surface area contributed by atoms with E-state index < -0.39 is 5.91 Å². The molecule has 1 N–H and O–H groups in total. The molecule has 140 valence electrons. The van der Waals surface area contributed by atoms with Crippen LogP contribution in [0, 0.1) is 0 Å². The highest BCUT2D eigenvalue weighted by Crippen LogP contribution is 2.24. The molecule has 0 saturated carbocycles. The van der Waals surface area contributed by atoms with E-state index >= 15 is 0 Å². The van der Waals surface area contributed by atoms with Crippen molar-refractivity contribution < 1.29 is 9.21 Å². The monoisotopic (exact) mass is 398 g/mol. The lowest BCUT2D eigenvalue weighted by molar-refractivity contribution is 0.0995. The predicted molar refractivity (Wildman–Crippen MR) is 115 cm³/mol. The van der Waals surface area contributed by atoms with Crippen LogP contribution < -0.4 is 5.55 Å². The second kappa shape index (κ2) is 7.08. The highest BCUT2D eigenvalue weighted by molar-refractivity contribution is 6.30. The van der Waals surface area contributed by atoms with Crippen LogP contribution in [0.5, 0.6) is 0 Å². The molecule has 0 radical (unpaired) electrons. The summed E-state index contributed by atoms with van der Waals surface area (Å²) in [5, 5.41) is 2.57. The molecule has 0 atom stereocenters. The summed E-state index contributed by atoms with van der Waals surface area (Å²) in [6, 6.07) is 26.3. The van der Waals surface area contributed by atoms with Gasteiger partial charge in [-0.3, -0.25) is 4.79 Å². The number of carbonyl (C=O) groups is 1. The largest absolute Gasteiger partial charge is 0.438 e. The molecule has 0 bridgehead atoms. The maximum Gasteiger partial charge on any atom is 0.280 e. The van der Waals surface area contributed by atoms with E-state index in [0.29, 0.717) is 16.2 Å². The van der Waals surface area contributed by atoms with Crippen LogP contribution in [0.15, 0.2) is 94.3 Å². The Balaban J connectivity index is 1.73. The van der Waals surface area contributed by atoms with Gasteiger partial charge in [0.2, 0.25) is 5.55 Å². The third-order valence-electron chi connectivity index (χ3n) is 4.77. The summed E-state index contributed by atoms with van der Waals surface area (Å²) in [4.78, 5) is 20.4. The van der Waals surface area contributed by atoms with Gasteiger partial charge in [0.25, 0.3) is 5.91 Å². The third-order valence-corrected chi connectivity index (χ3v) is 5.02. The minimum absolute atomic E-state index is 0.259. The van der Waals surface area contributed by atoms with Gasteiger partial charge in [-0.2, -0.15) is 4.99 Å². The minimum atomic E-state index is -0.391. The van der Waals surface area contributed by atoms with Gasteiger partial charge in [-0.05, 0) is 48.5 Å². The van der Waals surface area contributed by atoms with Crippen molar-refractivity contribution in [2.24, 2.45) is 4.99 Å². The van der Waals surface area contributed by atoms with E-state index in [-0.39, 0.29) is 5.55 Å². The molecular formula is C24H15ClN2O2. The van der Waals surface area contributed by atoms with E-state index in [1.165, 1.54) is 0 Å². The Hall–Kier alpha value is -3.63. The van der Waals surface area contributed by atoms with Crippen molar-refractivity contribution in [2.45, 2.75) is 0 Å². The molecule has 2 heterocycles. The van der Waals surface area contributed by atoms with Crippen LogP contribution in [-0.4, -0.2) is 10.9 Å². The molecular weight excluding hydrogens is 384 g/mol. The minimum Gasteiger partial charge on any atom is -0.438 e. The Morgan fingerprint density at radius 3 is 2.38 bits per heavy atom. The van der Waals surface area contributed by atoms with Gasteiger partial charge in [-0.1, -0.05) is 48.0 Å². The van der Waals surface area contributed by atoms with E-state index in [9.17, 15) is 4.79 Å². The highest BCUT2D eigenvalue weighted by Gasteiger charge is 2.12. The number of nitrogens with one attached hydrogen (secondary N) is 1. The van der Waals surface area contributed by atoms with Crippen molar-refractivity contribution in [3.05, 3.63) is 101 Å². The summed E-state index contributed by atoms with van der Waals surface area (Å²) in [6.07, 6.45) is 0. The predicted octanol–water partition coefficient (Wildman–Crippen LogP) is 5.98. The molecule has 0 aliphatic carbocycles. The summed E-state index contributed by atoms with van der Waals surface area (Å²) >= 11 is 5.92. The molecule has 0 fully saturated rings. The molecule has 29 heavy (non-hydrogen) atoms. The Kier molecular flexibility index (Phi) is 4.26. The van der Waals surface area contributed by atoms with Crippen LogP contribution in [-0.2, 0) is 0 Å². The van der Waals surface area contributed by atoms with Gasteiger partial charge >= 0.3 is 0 Å². The molecule has 0 aliphatic rings. The normalized spacial score (nSPS) is 12.0. The molecule has 0 unspecified atom stereocenters. The van der Waals surface area contributed by atoms with Crippen LogP contribution in [0.1, 0.15) is 10.4 Å². The number of aromatic amines is 1. The lowest BCUT2D eigenvalue weighted by Gasteiger charge is -2.03. The first-order valence-corrected chi connectivity index (χ1v) is 9.51. The third kappa shape index (κ3) is 3.35. The Morgan fingerprint density at radius 2 is 1.59 bits per heavy atom. The van der Waals surface area contributed by atoms with Crippen molar-refractivity contribution in [3.8, 4) is 11.3 Å². The Labute approximate surface area is 171 Å². The zero-order chi connectivity index (χ0) is 19.8. The Morgan fingerprint density at radius 1 is 0.862 bits per heavy atom. The van der Waals surface area contributed by atoms with Gasteiger partial charge in [-0.15, -0.1) is 0 Å². The smallest absolute Gasteiger partial charge is 0.280 e. The molecule has 5 aromatic rings. The van der Waals surface area contributed by atoms with Crippen LogP contribution in [0.25, 0.3) is 33.1 Å². The number of hydrogen-bond acceptors (Lipinski definition) is 2. The van der Waals surface area contributed by atoms with Crippen LogP contribution >= 0.6 is 11.6 Å². The molecule has 0 saturated heterocycles. The number of fused-ring (bicyclic) bond motifs is 2. The number of H-pyrrole nitrogens is 1. The lowest BCUT2D eigenvalue weighted by atomic mass is 10.1. The molecule has 2 aromatic heterocycles. The molecule has 3 aromatic carbocycles. The molecule has 5 heteroatoms. The van der Waals surface area contributed by atoms with Crippen molar-refractivity contribution in [2.75, 3.05) is 0 Å². The van der Waals surface area contributed by atoms with Crippen LogP contribution in [0.4, 0.5) is 0 Å². The van der Waals surface area contributed by atoms with Crippen LogP contribution in [0.3, 0.4) is 0 Å². The maximum absolute atomic E-state index is 12.7. The first-order chi connectivity index (χ1) is 14.2. The van der Waals surface area contributed by atoms with E-state index in [1.54, 1.807) is 24.3 Å². The van der Waals surface area contributed by atoms with E-state index in [2.05, 4.69) is 9.98 Å².